The zero-order chi connectivity index (χ0) is 16.6. The lowest BCUT2D eigenvalue weighted by Crippen LogP contribution is -2.32. The molecule has 2 aromatic rings. The summed E-state index contributed by atoms with van der Waals surface area (Å²) >= 11 is 0. The minimum Gasteiger partial charge on any atom is -0.496 e. The van der Waals surface area contributed by atoms with E-state index in [1.165, 1.54) is 0 Å². The first-order chi connectivity index (χ1) is 10.9. The van der Waals surface area contributed by atoms with Crippen molar-refractivity contribution >= 4 is 5.91 Å². The van der Waals surface area contributed by atoms with E-state index < -0.39 is 0 Å². The van der Waals surface area contributed by atoms with E-state index in [0.29, 0.717) is 29.6 Å². The summed E-state index contributed by atoms with van der Waals surface area (Å²) in [5.74, 6) is 1.72. The van der Waals surface area contributed by atoms with Crippen LogP contribution in [0.2, 0.25) is 0 Å². The molecule has 2 N–H and O–H groups in total. The summed E-state index contributed by atoms with van der Waals surface area (Å²) in [7, 11) is 3.20. The van der Waals surface area contributed by atoms with Gasteiger partial charge in [0.1, 0.15) is 28.6 Å². The molecule has 6 heteroatoms. The fraction of sp³-hybridized carbons (Fsp3) is 0.412. The number of nitrogens with one attached hydrogen (secondary N) is 2. The molecule has 0 spiro atoms. The molecule has 0 saturated carbocycles. The second kappa shape index (κ2) is 5.61. The summed E-state index contributed by atoms with van der Waals surface area (Å²) in [6.07, 6.45) is 0.742. The van der Waals surface area contributed by atoms with Crippen LogP contribution in [-0.2, 0) is 6.42 Å². The van der Waals surface area contributed by atoms with Crippen molar-refractivity contribution in [3.63, 3.8) is 0 Å². The molecule has 0 aliphatic carbocycles. The summed E-state index contributed by atoms with van der Waals surface area (Å²) in [6.45, 7) is 4.86. The minimum absolute atomic E-state index is 0.0322. The molecule has 0 bridgehead atoms. The summed E-state index contributed by atoms with van der Waals surface area (Å²) in [5, 5.41) is 2.93. The van der Waals surface area contributed by atoms with E-state index in [0.717, 1.165) is 17.7 Å². The van der Waals surface area contributed by atoms with Gasteiger partial charge in [-0.25, -0.2) is 4.98 Å². The third-order valence-electron chi connectivity index (χ3n) is 4.04. The molecule has 1 aromatic heterocycles. The molecule has 6 nitrogen and oxygen atoms in total. The van der Waals surface area contributed by atoms with E-state index in [1.54, 1.807) is 14.2 Å². The Morgan fingerprint density at radius 2 is 1.83 bits per heavy atom. The standard InChI is InChI=1S/C17H21N3O3/c1-17(2)8-10-14(16(21)18-9-17)20-15(19-10)13-11(22-3)6-5-7-12(13)23-4/h5-7H,8-9H2,1-4H3,(H,18,21)(H,19,20). The van der Waals surface area contributed by atoms with Crippen molar-refractivity contribution < 1.29 is 14.3 Å². The van der Waals surface area contributed by atoms with Gasteiger partial charge >= 0.3 is 0 Å². The molecule has 0 fully saturated rings. The number of ether oxygens (including phenoxy) is 2. The van der Waals surface area contributed by atoms with E-state index in [4.69, 9.17) is 9.47 Å². The average Bonchev–Trinajstić information content (AvgIpc) is 2.90. The quantitative estimate of drug-likeness (QED) is 0.912. The largest absolute Gasteiger partial charge is 0.496 e. The smallest absolute Gasteiger partial charge is 0.271 e. The minimum atomic E-state index is -0.151. The number of fused-ring (bicyclic) bond motifs is 1. The van der Waals surface area contributed by atoms with E-state index in [1.807, 2.05) is 18.2 Å². The summed E-state index contributed by atoms with van der Waals surface area (Å²) in [4.78, 5) is 20.1. The second-order valence-corrected chi connectivity index (χ2v) is 6.47. The summed E-state index contributed by atoms with van der Waals surface area (Å²) in [6, 6.07) is 5.54. The summed E-state index contributed by atoms with van der Waals surface area (Å²) < 4.78 is 10.9. The van der Waals surface area contributed by atoms with Gasteiger partial charge in [0.2, 0.25) is 0 Å². The monoisotopic (exact) mass is 315 g/mol. The number of benzene rings is 1. The van der Waals surface area contributed by atoms with Crippen LogP contribution in [0, 0.1) is 5.41 Å². The Morgan fingerprint density at radius 3 is 2.43 bits per heavy atom. The molecular formula is C17H21N3O3. The number of rotatable bonds is 3. The fourth-order valence-electron chi connectivity index (χ4n) is 2.87. The highest BCUT2D eigenvalue weighted by Gasteiger charge is 2.31. The van der Waals surface area contributed by atoms with Gasteiger partial charge in [-0.3, -0.25) is 4.79 Å². The molecule has 1 aliphatic rings. The predicted molar refractivity (Wildman–Crippen MR) is 86.9 cm³/mol. The Balaban J connectivity index is 2.14. The Morgan fingerprint density at radius 1 is 1.17 bits per heavy atom. The van der Waals surface area contributed by atoms with Crippen molar-refractivity contribution in [2.75, 3.05) is 20.8 Å². The van der Waals surface area contributed by atoms with Crippen LogP contribution in [0.15, 0.2) is 18.2 Å². The number of aromatic amines is 1. The lowest BCUT2D eigenvalue weighted by atomic mass is 9.88. The Hall–Kier alpha value is -2.50. The van der Waals surface area contributed by atoms with Crippen molar-refractivity contribution in [1.29, 1.82) is 0 Å². The number of aromatic nitrogens is 2. The molecule has 2 heterocycles. The summed E-state index contributed by atoms with van der Waals surface area (Å²) in [5.41, 5.74) is 1.97. The first-order valence-electron chi connectivity index (χ1n) is 7.53. The van der Waals surface area contributed by atoms with Crippen LogP contribution in [-0.4, -0.2) is 36.6 Å². The number of nitrogens with zero attached hydrogens (tertiary/aromatic N) is 1. The van der Waals surface area contributed by atoms with Crippen LogP contribution in [0.25, 0.3) is 11.4 Å². The molecule has 3 rings (SSSR count). The molecule has 0 radical (unpaired) electrons. The maximum atomic E-state index is 12.3. The van der Waals surface area contributed by atoms with Crippen LogP contribution in [0.5, 0.6) is 11.5 Å². The SMILES string of the molecule is COc1cccc(OC)c1-c1nc2c([nH]1)CC(C)(C)CNC2=O. The highest BCUT2D eigenvalue weighted by Crippen LogP contribution is 2.38. The number of H-pyrrole nitrogens is 1. The van der Waals surface area contributed by atoms with Gasteiger partial charge in [-0.1, -0.05) is 19.9 Å². The van der Waals surface area contributed by atoms with Gasteiger partial charge in [-0.05, 0) is 24.0 Å². The normalized spacial score (nSPS) is 16.3. The van der Waals surface area contributed by atoms with Crippen molar-refractivity contribution in [3.05, 3.63) is 29.6 Å². The molecule has 0 atom stereocenters. The first-order valence-corrected chi connectivity index (χ1v) is 7.53. The van der Waals surface area contributed by atoms with Crippen molar-refractivity contribution in [2.45, 2.75) is 20.3 Å². The molecule has 0 unspecified atom stereocenters. The lowest BCUT2D eigenvalue weighted by Gasteiger charge is -2.21. The number of hydrogen-bond acceptors (Lipinski definition) is 4. The number of hydrogen-bond donors (Lipinski definition) is 2. The maximum Gasteiger partial charge on any atom is 0.271 e. The van der Waals surface area contributed by atoms with Crippen LogP contribution in [0.3, 0.4) is 0 Å². The van der Waals surface area contributed by atoms with Crippen LogP contribution in [0.4, 0.5) is 0 Å². The topological polar surface area (TPSA) is 76.2 Å². The van der Waals surface area contributed by atoms with Crippen LogP contribution < -0.4 is 14.8 Å². The number of carbonyl (C=O) groups excluding carboxylic acids is 1. The first kappa shape index (κ1) is 15.4. The predicted octanol–water partition coefficient (Wildman–Crippen LogP) is 2.41. The van der Waals surface area contributed by atoms with E-state index >= 15 is 0 Å². The average molecular weight is 315 g/mol. The number of imidazole rings is 1. The maximum absolute atomic E-state index is 12.3. The molecule has 122 valence electrons. The Labute approximate surface area is 135 Å². The van der Waals surface area contributed by atoms with Crippen molar-refractivity contribution in [2.24, 2.45) is 5.41 Å². The van der Waals surface area contributed by atoms with Gasteiger partial charge in [0.05, 0.1) is 14.2 Å². The molecular weight excluding hydrogens is 294 g/mol. The van der Waals surface area contributed by atoms with Gasteiger partial charge in [0.15, 0.2) is 0 Å². The lowest BCUT2D eigenvalue weighted by molar-refractivity contribution is 0.0940. The highest BCUT2D eigenvalue weighted by atomic mass is 16.5. The van der Waals surface area contributed by atoms with Gasteiger partial charge in [-0.15, -0.1) is 0 Å². The van der Waals surface area contributed by atoms with E-state index in [-0.39, 0.29) is 11.3 Å². The number of amides is 1. The Kier molecular flexibility index (Phi) is 3.75. The van der Waals surface area contributed by atoms with Crippen molar-refractivity contribution in [3.8, 4) is 22.9 Å². The Bertz CT molecular complexity index is 727. The fourth-order valence-corrected chi connectivity index (χ4v) is 2.87. The van der Waals surface area contributed by atoms with E-state index in [2.05, 4.69) is 29.1 Å². The van der Waals surface area contributed by atoms with Gasteiger partial charge in [-0.2, -0.15) is 0 Å². The van der Waals surface area contributed by atoms with Crippen LogP contribution in [0.1, 0.15) is 30.0 Å². The zero-order valence-corrected chi connectivity index (χ0v) is 13.8. The third kappa shape index (κ3) is 2.76. The second-order valence-electron chi connectivity index (χ2n) is 6.47. The molecule has 1 amide bonds. The van der Waals surface area contributed by atoms with Gasteiger partial charge in [0.25, 0.3) is 5.91 Å². The molecule has 23 heavy (non-hydrogen) atoms. The third-order valence-corrected chi connectivity index (χ3v) is 4.04. The zero-order valence-electron chi connectivity index (χ0n) is 13.8. The van der Waals surface area contributed by atoms with Gasteiger partial charge in [0, 0.05) is 12.2 Å². The number of carbonyl (C=O) groups is 1. The van der Waals surface area contributed by atoms with Gasteiger partial charge < -0.3 is 19.8 Å². The molecule has 1 aromatic carbocycles. The van der Waals surface area contributed by atoms with E-state index in [9.17, 15) is 4.79 Å². The van der Waals surface area contributed by atoms with Crippen molar-refractivity contribution in [1.82, 2.24) is 15.3 Å². The number of methoxy groups -OCH3 is 2. The molecule has 1 aliphatic heterocycles. The van der Waals surface area contributed by atoms with Crippen LogP contribution >= 0.6 is 0 Å². The molecule has 0 saturated heterocycles. The highest BCUT2D eigenvalue weighted by molar-refractivity contribution is 5.95.